The summed E-state index contributed by atoms with van der Waals surface area (Å²) in [5.74, 6) is 1.00. The average molecular weight is 428 g/mol. The number of benzene rings is 1. The van der Waals surface area contributed by atoms with E-state index in [2.05, 4.69) is 10.5 Å². The Morgan fingerprint density at radius 2 is 2.03 bits per heavy atom. The summed E-state index contributed by atoms with van der Waals surface area (Å²) in [6.45, 7) is 0.807. The van der Waals surface area contributed by atoms with Crippen LogP contribution in [-0.2, 0) is 4.79 Å². The number of nitrogens with zero attached hydrogens (tertiary/aromatic N) is 3. The van der Waals surface area contributed by atoms with Crippen LogP contribution in [0.3, 0.4) is 0 Å². The Kier molecular flexibility index (Phi) is 5.57. The molecule has 0 atom stereocenters. The van der Waals surface area contributed by atoms with Gasteiger partial charge in [0.25, 0.3) is 0 Å². The smallest absolute Gasteiger partial charge is 0.325 e. The monoisotopic (exact) mass is 428 g/mol. The van der Waals surface area contributed by atoms with Crippen LogP contribution in [0, 0.1) is 0 Å². The molecule has 9 nitrogen and oxygen atoms in total. The van der Waals surface area contributed by atoms with Crippen molar-refractivity contribution in [2.75, 3.05) is 44.1 Å². The maximum absolute atomic E-state index is 12.8. The number of rotatable bonds is 7. The lowest BCUT2D eigenvalue weighted by Gasteiger charge is -2.19. The Bertz CT molecular complexity index is 1050. The van der Waals surface area contributed by atoms with Gasteiger partial charge < -0.3 is 18.9 Å². The summed E-state index contributed by atoms with van der Waals surface area (Å²) in [4.78, 5) is 29.2. The summed E-state index contributed by atoms with van der Waals surface area (Å²) < 4.78 is 15.7. The summed E-state index contributed by atoms with van der Waals surface area (Å²) in [6, 6.07) is 10.5. The van der Waals surface area contributed by atoms with E-state index in [9.17, 15) is 9.59 Å². The van der Waals surface area contributed by atoms with Crippen molar-refractivity contribution in [1.82, 2.24) is 10.1 Å². The fourth-order valence-electron chi connectivity index (χ4n) is 3.19. The number of amides is 3. The zero-order valence-corrected chi connectivity index (χ0v) is 17.3. The third-order valence-corrected chi connectivity index (χ3v) is 5.55. The van der Waals surface area contributed by atoms with Gasteiger partial charge in [0.1, 0.15) is 12.2 Å². The fourth-order valence-corrected chi connectivity index (χ4v) is 3.86. The zero-order chi connectivity index (χ0) is 21.1. The molecule has 1 fully saturated rings. The number of aromatic nitrogens is 1. The lowest BCUT2D eigenvalue weighted by Crippen LogP contribution is -2.37. The van der Waals surface area contributed by atoms with Crippen molar-refractivity contribution in [3.8, 4) is 22.1 Å². The van der Waals surface area contributed by atoms with Gasteiger partial charge in [0.2, 0.25) is 11.8 Å². The van der Waals surface area contributed by atoms with E-state index in [1.165, 1.54) is 23.3 Å². The highest BCUT2D eigenvalue weighted by molar-refractivity contribution is 7.13. The molecule has 1 saturated heterocycles. The summed E-state index contributed by atoms with van der Waals surface area (Å²) >= 11 is 1.53. The molecule has 1 aliphatic heterocycles. The molecular formula is C20H20N4O5S. The van der Waals surface area contributed by atoms with E-state index in [1.54, 1.807) is 36.3 Å². The van der Waals surface area contributed by atoms with Crippen LogP contribution in [0.15, 0.2) is 46.3 Å². The van der Waals surface area contributed by atoms with Gasteiger partial charge in [-0.25, -0.2) is 4.79 Å². The molecule has 0 unspecified atom stereocenters. The number of methoxy groups -OCH3 is 2. The minimum Gasteiger partial charge on any atom is -0.493 e. The second-order valence-electron chi connectivity index (χ2n) is 6.50. The Hall–Kier alpha value is -3.53. The molecule has 0 aliphatic carbocycles. The molecule has 2 aromatic heterocycles. The largest absolute Gasteiger partial charge is 0.493 e. The average Bonchev–Trinajstić information content (AvgIpc) is 3.50. The number of nitrogens with one attached hydrogen (secondary N) is 1. The van der Waals surface area contributed by atoms with Crippen molar-refractivity contribution in [3.05, 3.63) is 41.8 Å². The van der Waals surface area contributed by atoms with Gasteiger partial charge in [-0.15, -0.1) is 11.3 Å². The molecule has 1 aromatic carbocycles. The Balaban J connectivity index is 1.38. The SMILES string of the molecule is COc1ccc(N2CCN(CC(=O)Nc3cc(-c4cccs4)no3)C2=O)cc1OC. The van der Waals surface area contributed by atoms with E-state index in [0.717, 1.165) is 4.88 Å². The number of carbonyl (C=O) groups excluding carboxylic acids is 2. The van der Waals surface area contributed by atoms with Crippen LogP contribution in [0.2, 0.25) is 0 Å². The first kappa shape index (κ1) is 19.8. The number of thiophene rings is 1. The molecular weight excluding hydrogens is 408 g/mol. The van der Waals surface area contributed by atoms with Crippen molar-refractivity contribution < 1.29 is 23.6 Å². The fraction of sp³-hybridized carbons (Fsp3) is 0.250. The van der Waals surface area contributed by atoms with E-state index in [0.29, 0.717) is 36.0 Å². The third-order valence-electron chi connectivity index (χ3n) is 4.65. The van der Waals surface area contributed by atoms with E-state index in [1.807, 2.05) is 17.5 Å². The molecule has 4 rings (SSSR count). The van der Waals surface area contributed by atoms with Crippen molar-refractivity contribution in [2.24, 2.45) is 0 Å². The molecule has 0 saturated carbocycles. The van der Waals surface area contributed by atoms with E-state index < -0.39 is 0 Å². The summed E-state index contributed by atoms with van der Waals surface area (Å²) in [6.07, 6.45) is 0. The highest BCUT2D eigenvalue weighted by atomic mass is 32.1. The van der Waals surface area contributed by atoms with E-state index in [4.69, 9.17) is 14.0 Å². The van der Waals surface area contributed by atoms with Gasteiger partial charge in [-0.2, -0.15) is 0 Å². The highest BCUT2D eigenvalue weighted by Crippen LogP contribution is 2.33. The van der Waals surface area contributed by atoms with Crippen molar-refractivity contribution in [2.45, 2.75) is 0 Å². The van der Waals surface area contributed by atoms with Gasteiger partial charge in [0.05, 0.1) is 19.1 Å². The summed E-state index contributed by atoms with van der Waals surface area (Å²) in [5.41, 5.74) is 1.33. The van der Waals surface area contributed by atoms with Crippen molar-refractivity contribution in [3.63, 3.8) is 0 Å². The molecule has 3 amide bonds. The zero-order valence-electron chi connectivity index (χ0n) is 16.5. The van der Waals surface area contributed by atoms with Gasteiger partial charge in [-0.05, 0) is 23.6 Å². The maximum atomic E-state index is 12.8. The second kappa shape index (κ2) is 8.46. The lowest BCUT2D eigenvalue weighted by atomic mass is 10.2. The van der Waals surface area contributed by atoms with Crippen LogP contribution >= 0.6 is 11.3 Å². The summed E-state index contributed by atoms with van der Waals surface area (Å²) in [5, 5.41) is 8.53. The number of anilines is 2. The summed E-state index contributed by atoms with van der Waals surface area (Å²) in [7, 11) is 3.09. The maximum Gasteiger partial charge on any atom is 0.325 e. The van der Waals surface area contributed by atoms with Crippen LogP contribution in [0.1, 0.15) is 0 Å². The van der Waals surface area contributed by atoms with Crippen LogP contribution in [-0.4, -0.2) is 55.8 Å². The highest BCUT2D eigenvalue weighted by Gasteiger charge is 2.31. The Morgan fingerprint density at radius 3 is 2.77 bits per heavy atom. The normalized spacial score (nSPS) is 13.6. The second-order valence-corrected chi connectivity index (χ2v) is 7.44. The Labute approximate surface area is 176 Å². The van der Waals surface area contributed by atoms with Crippen LogP contribution in [0.4, 0.5) is 16.4 Å². The van der Waals surface area contributed by atoms with Gasteiger partial charge in [-0.3, -0.25) is 15.0 Å². The van der Waals surface area contributed by atoms with Crippen LogP contribution in [0.25, 0.3) is 10.6 Å². The first-order valence-corrected chi connectivity index (χ1v) is 10.1. The molecule has 10 heteroatoms. The molecule has 0 radical (unpaired) electrons. The number of hydrogen-bond acceptors (Lipinski definition) is 7. The Morgan fingerprint density at radius 1 is 1.20 bits per heavy atom. The lowest BCUT2D eigenvalue weighted by molar-refractivity contribution is -0.116. The standard InChI is InChI=1S/C20H20N4O5S/c1-27-15-6-5-13(10-16(15)28-2)24-8-7-23(20(24)26)12-18(25)21-19-11-14(22-29-19)17-4-3-9-30-17/h3-6,9-11H,7-8,12H2,1-2H3,(H,21,25). The first-order chi connectivity index (χ1) is 14.6. The molecule has 0 bridgehead atoms. The van der Waals surface area contributed by atoms with Crippen molar-refractivity contribution >= 4 is 34.8 Å². The number of ether oxygens (including phenoxy) is 2. The minimum absolute atomic E-state index is 0.0857. The predicted molar refractivity (Wildman–Crippen MR) is 112 cm³/mol. The topological polar surface area (TPSA) is 97.1 Å². The first-order valence-electron chi connectivity index (χ1n) is 9.18. The molecule has 0 spiro atoms. The number of carbonyl (C=O) groups is 2. The number of urea groups is 1. The molecule has 30 heavy (non-hydrogen) atoms. The van der Waals surface area contributed by atoms with E-state index >= 15 is 0 Å². The molecule has 1 aliphatic rings. The van der Waals surface area contributed by atoms with Crippen LogP contribution < -0.4 is 19.7 Å². The van der Waals surface area contributed by atoms with Gasteiger partial charge in [-0.1, -0.05) is 11.2 Å². The van der Waals surface area contributed by atoms with Crippen LogP contribution in [0.5, 0.6) is 11.5 Å². The van der Waals surface area contributed by atoms with Crippen molar-refractivity contribution in [1.29, 1.82) is 0 Å². The van der Waals surface area contributed by atoms with Gasteiger partial charge in [0, 0.05) is 30.9 Å². The quantitative estimate of drug-likeness (QED) is 0.620. The third kappa shape index (κ3) is 3.94. The molecule has 3 heterocycles. The molecule has 1 N–H and O–H groups in total. The molecule has 156 valence electrons. The number of hydrogen-bond donors (Lipinski definition) is 1. The van der Waals surface area contributed by atoms with E-state index in [-0.39, 0.29) is 24.4 Å². The molecule has 3 aromatic rings. The van der Waals surface area contributed by atoms with Gasteiger partial charge >= 0.3 is 6.03 Å². The predicted octanol–water partition coefficient (Wildman–Crippen LogP) is 3.30. The van der Waals surface area contributed by atoms with Gasteiger partial charge in [0.15, 0.2) is 11.5 Å². The minimum atomic E-state index is -0.355.